The van der Waals surface area contributed by atoms with E-state index >= 15 is 0 Å². The fourth-order valence-corrected chi connectivity index (χ4v) is 2.22. The number of thioether (sulfide) groups is 1. The maximum atomic E-state index is 12.1. The predicted octanol–water partition coefficient (Wildman–Crippen LogP) is 1.77. The van der Waals surface area contributed by atoms with Crippen molar-refractivity contribution in [2.45, 2.75) is 6.42 Å². The molecule has 0 saturated carbocycles. The molecule has 2 rings (SSSR count). The van der Waals surface area contributed by atoms with E-state index in [4.69, 9.17) is 0 Å². The fraction of sp³-hybridized carbons (Fsp3) is 0.333. The van der Waals surface area contributed by atoms with Crippen molar-refractivity contribution in [3.63, 3.8) is 0 Å². The first kappa shape index (κ1) is 14.3. The van der Waals surface area contributed by atoms with Gasteiger partial charge in [0.05, 0.1) is 4.92 Å². The lowest BCUT2D eigenvalue weighted by Crippen LogP contribution is -2.21. The molecule has 0 bridgehead atoms. The third kappa shape index (κ3) is 2.90. The van der Waals surface area contributed by atoms with Crippen molar-refractivity contribution in [2.75, 3.05) is 23.9 Å². The molecule has 0 aromatic carbocycles. The summed E-state index contributed by atoms with van der Waals surface area (Å²) in [5.74, 6) is 0.972. The number of nitro groups is 1. The second-order valence-electron chi connectivity index (χ2n) is 4.07. The minimum Gasteiger partial charge on any atom is -0.364 e. The summed E-state index contributed by atoms with van der Waals surface area (Å²) in [6.45, 7) is 0.539. The number of fused-ring (bicyclic) bond motifs is 1. The molecule has 0 radical (unpaired) electrons. The van der Waals surface area contributed by atoms with Gasteiger partial charge in [0.2, 0.25) is 5.82 Å². The molecule has 0 atom stereocenters. The molecule has 1 N–H and O–H groups in total. The molecule has 0 aliphatic heterocycles. The van der Waals surface area contributed by atoms with Gasteiger partial charge in [0.25, 0.3) is 0 Å². The van der Waals surface area contributed by atoms with Gasteiger partial charge in [-0.25, -0.2) is 4.98 Å². The van der Waals surface area contributed by atoms with Crippen LogP contribution in [0.3, 0.4) is 0 Å². The second kappa shape index (κ2) is 6.38. The van der Waals surface area contributed by atoms with Gasteiger partial charge in [0.15, 0.2) is 0 Å². The van der Waals surface area contributed by atoms with Crippen LogP contribution in [0.1, 0.15) is 6.42 Å². The first-order chi connectivity index (χ1) is 9.65. The predicted molar refractivity (Wildman–Crippen MR) is 79.6 cm³/mol. The van der Waals surface area contributed by atoms with Crippen molar-refractivity contribution in [1.29, 1.82) is 0 Å². The van der Waals surface area contributed by atoms with E-state index in [-0.39, 0.29) is 5.82 Å². The normalized spacial score (nSPS) is 10.7. The monoisotopic (exact) mass is 294 g/mol. The number of nitrogens with one attached hydrogen (secondary N) is 1. The summed E-state index contributed by atoms with van der Waals surface area (Å²) in [6, 6.07) is 4.99. The number of anilines is 1. The van der Waals surface area contributed by atoms with Gasteiger partial charge in [-0.05, 0) is 30.6 Å². The highest BCUT2D eigenvalue weighted by molar-refractivity contribution is 7.98. The number of hydrogen-bond donors (Lipinski definition) is 1. The second-order valence-corrected chi connectivity index (χ2v) is 5.06. The van der Waals surface area contributed by atoms with Gasteiger partial charge in [-0.2, -0.15) is 11.8 Å². The summed E-state index contributed by atoms with van der Waals surface area (Å²) in [4.78, 5) is 26.7. The van der Waals surface area contributed by atoms with Crippen molar-refractivity contribution in [1.82, 2.24) is 9.38 Å². The van der Waals surface area contributed by atoms with Crippen molar-refractivity contribution in [3.8, 4) is 0 Å². The lowest BCUT2D eigenvalue weighted by atomic mass is 10.4. The molecule has 8 heteroatoms. The van der Waals surface area contributed by atoms with Gasteiger partial charge < -0.3 is 5.32 Å². The molecule has 2 heterocycles. The van der Waals surface area contributed by atoms with Crippen molar-refractivity contribution >= 4 is 28.9 Å². The molecule has 0 fully saturated rings. The minimum atomic E-state index is -0.689. The zero-order valence-corrected chi connectivity index (χ0v) is 11.7. The molecule has 0 spiro atoms. The molecule has 0 aliphatic rings. The van der Waals surface area contributed by atoms with Crippen LogP contribution >= 0.6 is 11.8 Å². The maximum absolute atomic E-state index is 12.1. The van der Waals surface area contributed by atoms with Crippen LogP contribution in [0.5, 0.6) is 0 Å². The van der Waals surface area contributed by atoms with Crippen molar-refractivity contribution < 1.29 is 4.92 Å². The molecule has 106 valence electrons. The molecule has 0 saturated heterocycles. The van der Waals surface area contributed by atoms with E-state index in [1.165, 1.54) is 10.6 Å². The highest BCUT2D eigenvalue weighted by atomic mass is 32.2. The fourth-order valence-electron chi connectivity index (χ4n) is 1.79. The molecule has 7 nitrogen and oxygen atoms in total. The lowest BCUT2D eigenvalue weighted by Gasteiger charge is -2.07. The number of aromatic nitrogens is 2. The van der Waals surface area contributed by atoms with Crippen LogP contribution in [0, 0.1) is 10.1 Å². The molecule has 0 amide bonds. The Balaban J connectivity index is 2.43. The number of nitrogens with zero attached hydrogens (tertiary/aromatic N) is 3. The quantitative estimate of drug-likeness (QED) is 0.496. The lowest BCUT2D eigenvalue weighted by molar-refractivity contribution is -0.385. The number of hydrogen-bond acceptors (Lipinski definition) is 6. The van der Waals surface area contributed by atoms with E-state index in [0.29, 0.717) is 12.2 Å². The summed E-state index contributed by atoms with van der Waals surface area (Å²) >= 11 is 1.69. The zero-order chi connectivity index (χ0) is 14.5. The van der Waals surface area contributed by atoms with Crippen LogP contribution in [0.15, 0.2) is 29.2 Å². The largest absolute Gasteiger partial charge is 0.376 e. The molecular formula is C12H14N4O3S. The van der Waals surface area contributed by atoms with Gasteiger partial charge in [-0.15, -0.1) is 0 Å². The van der Waals surface area contributed by atoms with E-state index in [1.807, 2.05) is 6.26 Å². The Hall–Kier alpha value is -2.09. The van der Waals surface area contributed by atoms with Gasteiger partial charge >= 0.3 is 11.2 Å². The van der Waals surface area contributed by atoms with Gasteiger partial charge in [-0.3, -0.25) is 19.3 Å². The van der Waals surface area contributed by atoms with E-state index in [0.717, 1.165) is 12.2 Å². The average molecular weight is 294 g/mol. The summed E-state index contributed by atoms with van der Waals surface area (Å²) in [5.41, 5.74) is -0.804. The van der Waals surface area contributed by atoms with Crippen LogP contribution in [-0.2, 0) is 0 Å². The standard InChI is InChI=1S/C12H14N4O3S/c1-20-8-4-6-13-11-10(16(18)19)12(17)15-7-3-2-5-9(15)14-11/h2-3,5,7,13H,4,6,8H2,1H3. The highest BCUT2D eigenvalue weighted by Crippen LogP contribution is 2.17. The summed E-state index contributed by atoms with van der Waals surface area (Å²) in [6.07, 6.45) is 4.30. The van der Waals surface area contributed by atoms with E-state index in [9.17, 15) is 14.9 Å². The molecule has 0 aliphatic carbocycles. The van der Waals surface area contributed by atoms with Gasteiger partial charge in [0.1, 0.15) is 5.65 Å². The zero-order valence-electron chi connectivity index (χ0n) is 10.9. The Kier molecular flexibility index (Phi) is 4.57. The first-order valence-electron chi connectivity index (χ1n) is 6.03. The maximum Gasteiger partial charge on any atom is 0.376 e. The third-order valence-corrected chi connectivity index (χ3v) is 3.41. The molecular weight excluding hydrogens is 280 g/mol. The highest BCUT2D eigenvalue weighted by Gasteiger charge is 2.22. The van der Waals surface area contributed by atoms with Crippen LogP contribution in [0.2, 0.25) is 0 Å². The van der Waals surface area contributed by atoms with E-state index < -0.39 is 16.2 Å². The van der Waals surface area contributed by atoms with Crippen molar-refractivity contribution in [3.05, 3.63) is 44.9 Å². The van der Waals surface area contributed by atoms with E-state index in [1.54, 1.807) is 30.0 Å². The number of pyridine rings is 1. The Morgan fingerprint density at radius 2 is 2.30 bits per heavy atom. The Morgan fingerprint density at radius 1 is 1.50 bits per heavy atom. The van der Waals surface area contributed by atoms with Crippen LogP contribution < -0.4 is 10.9 Å². The van der Waals surface area contributed by atoms with Gasteiger partial charge in [-0.1, -0.05) is 6.07 Å². The molecule has 2 aromatic rings. The average Bonchev–Trinajstić information content (AvgIpc) is 2.43. The molecule has 2 aromatic heterocycles. The third-order valence-electron chi connectivity index (χ3n) is 2.71. The Labute approximate surface area is 119 Å². The van der Waals surface area contributed by atoms with Crippen LogP contribution in [0.4, 0.5) is 11.5 Å². The van der Waals surface area contributed by atoms with Crippen molar-refractivity contribution in [2.24, 2.45) is 0 Å². The molecule has 20 heavy (non-hydrogen) atoms. The van der Waals surface area contributed by atoms with Crippen LogP contribution in [-0.4, -0.2) is 32.9 Å². The van der Waals surface area contributed by atoms with Crippen LogP contribution in [0.25, 0.3) is 5.65 Å². The number of rotatable bonds is 6. The smallest absolute Gasteiger partial charge is 0.364 e. The Morgan fingerprint density at radius 3 is 3.00 bits per heavy atom. The SMILES string of the molecule is CSCCCNc1nc2ccccn2c(=O)c1[N+](=O)[O-]. The molecule has 0 unspecified atom stereocenters. The van der Waals surface area contributed by atoms with E-state index in [2.05, 4.69) is 10.3 Å². The first-order valence-corrected chi connectivity index (χ1v) is 7.43. The summed E-state index contributed by atoms with van der Waals surface area (Å²) < 4.78 is 1.17. The summed E-state index contributed by atoms with van der Waals surface area (Å²) in [5, 5.41) is 14.0. The Bertz CT molecular complexity index is 686. The van der Waals surface area contributed by atoms with Gasteiger partial charge in [0, 0.05) is 12.7 Å². The minimum absolute atomic E-state index is 0.0345. The topological polar surface area (TPSA) is 89.5 Å². The summed E-state index contributed by atoms with van der Waals surface area (Å²) in [7, 11) is 0.